The third kappa shape index (κ3) is 26.3. The standard InChI is InChI=1S/C35H67NO7/c1-7-8-9-10-11-12-13-14-15-16-17-18-19-20-21-22-23-24-25-26-27-32(41-29(2)38)33(42-30(3)39)31(28-37)36-34(40)43-35(4,5)6/h31-33,37H,7-28H2,1-6H3,(H,36,40)/t31-,32+,33-/m0/s1. The summed E-state index contributed by atoms with van der Waals surface area (Å²) in [5.74, 6) is -1.10. The first kappa shape index (κ1) is 41.2. The number of unbranched alkanes of at least 4 members (excludes halogenated alkanes) is 19. The molecule has 2 N–H and O–H groups in total. The second kappa shape index (κ2) is 26.6. The van der Waals surface area contributed by atoms with Gasteiger partial charge in [-0.15, -0.1) is 0 Å². The maximum atomic E-state index is 12.3. The molecule has 0 aliphatic heterocycles. The van der Waals surface area contributed by atoms with E-state index >= 15 is 0 Å². The van der Waals surface area contributed by atoms with Crippen LogP contribution in [-0.4, -0.2) is 53.6 Å². The minimum absolute atomic E-state index is 0.461. The Morgan fingerprint density at radius 3 is 1.33 bits per heavy atom. The highest BCUT2D eigenvalue weighted by Crippen LogP contribution is 2.20. The van der Waals surface area contributed by atoms with Crippen LogP contribution >= 0.6 is 0 Å². The number of alkyl carbamates (subject to hydrolysis) is 1. The first-order valence-corrected chi connectivity index (χ1v) is 17.4. The Hall–Kier alpha value is -1.83. The number of rotatable bonds is 27. The summed E-state index contributed by atoms with van der Waals surface area (Å²) in [7, 11) is 0. The first-order valence-electron chi connectivity index (χ1n) is 17.4. The van der Waals surface area contributed by atoms with Crippen molar-refractivity contribution in [3.05, 3.63) is 0 Å². The molecule has 3 atom stereocenters. The van der Waals surface area contributed by atoms with Gasteiger partial charge in [0.25, 0.3) is 0 Å². The minimum atomic E-state index is -1.03. The van der Waals surface area contributed by atoms with Crippen molar-refractivity contribution < 1.29 is 33.7 Å². The van der Waals surface area contributed by atoms with Crippen LogP contribution in [0.3, 0.4) is 0 Å². The Balaban J connectivity index is 4.20. The summed E-state index contributed by atoms with van der Waals surface area (Å²) in [6, 6.07) is -0.979. The lowest BCUT2D eigenvalue weighted by atomic mass is 9.98. The summed E-state index contributed by atoms with van der Waals surface area (Å²) in [6.07, 6.45) is 23.8. The third-order valence-corrected chi connectivity index (χ3v) is 7.62. The first-order chi connectivity index (χ1) is 20.5. The Labute approximate surface area is 263 Å². The lowest BCUT2D eigenvalue weighted by Crippen LogP contribution is -2.54. The van der Waals surface area contributed by atoms with E-state index in [-0.39, 0.29) is 0 Å². The number of hydrogen-bond donors (Lipinski definition) is 2. The molecule has 0 unspecified atom stereocenters. The van der Waals surface area contributed by atoms with Gasteiger partial charge in [-0.25, -0.2) is 4.79 Å². The molecule has 8 nitrogen and oxygen atoms in total. The highest BCUT2D eigenvalue weighted by molar-refractivity contribution is 5.69. The predicted octanol–water partition coefficient (Wildman–Crippen LogP) is 8.95. The van der Waals surface area contributed by atoms with Gasteiger partial charge >= 0.3 is 18.0 Å². The monoisotopic (exact) mass is 613 g/mol. The van der Waals surface area contributed by atoms with Crippen LogP contribution in [0.25, 0.3) is 0 Å². The number of aliphatic hydroxyl groups excluding tert-OH is 1. The SMILES string of the molecule is CCCCCCCCCCCCCCCCCCCCCC[C@@H](OC(C)=O)[C@@H](OC(C)=O)[C@H](CO)NC(=O)OC(C)(C)C. The lowest BCUT2D eigenvalue weighted by Gasteiger charge is -2.32. The van der Waals surface area contributed by atoms with Crippen molar-refractivity contribution in [3.8, 4) is 0 Å². The molecule has 0 rings (SSSR count). The quantitative estimate of drug-likeness (QED) is 0.0540. The van der Waals surface area contributed by atoms with Gasteiger partial charge in [0.05, 0.1) is 12.6 Å². The van der Waals surface area contributed by atoms with E-state index in [1.165, 1.54) is 123 Å². The number of aliphatic hydroxyl groups is 1. The molecule has 254 valence electrons. The molecular weight excluding hydrogens is 546 g/mol. The number of nitrogens with one attached hydrogen (secondary N) is 1. The molecule has 0 aromatic heterocycles. The van der Waals surface area contributed by atoms with Crippen LogP contribution in [0.4, 0.5) is 4.79 Å². The van der Waals surface area contributed by atoms with Crippen LogP contribution < -0.4 is 5.32 Å². The van der Waals surface area contributed by atoms with E-state index in [2.05, 4.69) is 12.2 Å². The molecule has 1 amide bonds. The van der Waals surface area contributed by atoms with Crippen LogP contribution in [0, 0.1) is 0 Å². The van der Waals surface area contributed by atoms with E-state index in [9.17, 15) is 19.5 Å². The highest BCUT2D eigenvalue weighted by Gasteiger charge is 2.36. The average molecular weight is 614 g/mol. The number of esters is 2. The molecular formula is C35H67NO7. The third-order valence-electron chi connectivity index (χ3n) is 7.62. The molecule has 0 heterocycles. The number of carbonyl (C=O) groups excluding carboxylic acids is 3. The Bertz CT molecular complexity index is 707. The molecule has 0 aliphatic carbocycles. The van der Waals surface area contributed by atoms with Crippen LogP contribution in [0.1, 0.15) is 176 Å². The van der Waals surface area contributed by atoms with Gasteiger partial charge < -0.3 is 24.6 Å². The molecule has 0 aliphatic rings. The minimum Gasteiger partial charge on any atom is -0.459 e. The molecule has 0 radical (unpaired) electrons. The smallest absolute Gasteiger partial charge is 0.408 e. The second-order valence-corrected chi connectivity index (χ2v) is 13.2. The summed E-state index contributed by atoms with van der Waals surface area (Å²) in [4.78, 5) is 36.0. The Morgan fingerprint density at radius 2 is 1.00 bits per heavy atom. The fourth-order valence-corrected chi connectivity index (χ4v) is 5.40. The van der Waals surface area contributed by atoms with E-state index in [1.54, 1.807) is 20.8 Å². The molecule has 0 spiro atoms. The average Bonchev–Trinajstić information content (AvgIpc) is 2.91. The molecule has 0 saturated carbocycles. The Kier molecular flexibility index (Phi) is 25.4. The van der Waals surface area contributed by atoms with Crippen molar-refractivity contribution in [1.29, 1.82) is 0 Å². The molecule has 0 saturated heterocycles. The topological polar surface area (TPSA) is 111 Å². The summed E-state index contributed by atoms with van der Waals surface area (Å²) in [5, 5.41) is 12.5. The Morgan fingerprint density at radius 1 is 0.628 bits per heavy atom. The predicted molar refractivity (Wildman–Crippen MR) is 174 cm³/mol. The molecule has 8 heteroatoms. The van der Waals surface area contributed by atoms with E-state index in [0.29, 0.717) is 6.42 Å². The van der Waals surface area contributed by atoms with Gasteiger partial charge in [0, 0.05) is 13.8 Å². The maximum Gasteiger partial charge on any atom is 0.408 e. The van der Waals surface area contributed by atoms with Crippen molar-refractivity contribution >= 4 is 18.0 Å². The summed E-state index contributed by atoms with van der Waals surface area (Å²) in [5.41, 5.74) is -0.733. The van der Waals surface area contributed by atoms with Crippen molar-refractivity contribution in [2.75, 3.05) is 6.61 Å². The maximum absolute atomic E-state index is 12.3. The van der Waals surface area contributed by atoms with Gasteiger partial charge in [0.15, 0.2) is 6.10 Å². The highest BCUT2D eigenvalue weighted by atomic mass is 16.6. The molecule has 0 bridgehead atoms. The lowest BCUT2D eigenvalue weighted by molar-refractivity contribution is -0.169. The van der Waals surface area contributed by atoms with Crippen molar-refractivity contribution in [3.63, 3.8) is 0 Å². The molecule has 43 heavy (non-hydrogen) atoms. The molecule has 0 aromatic carbocycles. The zero-order valence-corrected chi connectivity index (χ0v) is 28.7. The summed E-state index contributed by atoms with van der Waals surface area (Å²) < 4.78 is 16.2. The van der Waals surface area contributed by atoms with Crippen molar-refractivity contribution in [2.24, 2.45) is 0 Å². The number of carbonyl (C=O) groups is 3. The van der Waals surface area contributed by atoms with Gasteiger partial charge in [0.2, 0.25) is 0 Å². The second-order valence-electron chi connectivity index (χ2n) is 13.2. The number of hydrogen-bond acceptors (Lipinski definition) is 7. The van der Waals surface area contributed by atoms with E-state index in [4.69, 9.17) is 14.2 Å². The van der Waals surface area contributed by atoms with Gasteiger partial charge in [-0.1, -0.05) is 129 Å². The molecule has 0 aromatic rings. The normalized spacial score (nSPS) is 13.7. The van der Waals surface area contributed by atoms with Crippen molar-refractivity contribution in [2.45, 2.75) is 200 Å². The zero-order valence-electron chi connectivity index (χ0n) is 28.7. The van der Waals surface area contributed by atoms with Gasteiger partial charge in [-0.3, -0.25) is 9.59 Å². The fourth-order valence-electron chi connectivity index (χ4n) is 5.40. The van der Waals surface area contributed by atoms with Gasteiger partial charge in [0.1, 0.15) is 11.7 Å². The van der Waals surface area contributed by atoms with Crippen molar-refractivity contribution in [1.82, 2.24) is 5.32 Å². The number of amides is 1. The zero-order chi connectivity index (χ0) is 32.3. The summed E-state index contributed by atoms with van der Waals surface area (Å²) in [6.45, 7) is 9.49. The van der Waals surface area contributed by atoms with Crippen LogP contribution in [0.5, 0.6) is 0 Å². The van der Waals surface area contributed by atoms with Crippen LogP contribution in [-0.2, 0) is 23.8 Å². The number of ether oxygens (including phenoxy) is 3. The van der Waals surface area contributed by atoms with Crippen LogP contribution in [0.2, 0.25) is 0 Å². The summed E-state index contributed by atoms with van der Waals surface area (Å²) >= 11 is 0. The van der Waals surface area contributed by atoms with E-state index in [1.807, 2.05) is 0 Å². The van der Waals surface area contributed by atoms with E-state index < -0.39 is 48.5 Å². The van der Waals surface area contributed by atoms with E-state index in [0.717, 1.165) is 19.3 Å². The molecule has 0 fully saturated rings. The fraction of sp³-hybridized carbons (Fsp3) is 0.914. The van der Waals surface area contributed by atoms with Crippen LogP contribution in [0.15, 0.2) is 0 Å². The van der Waals surface area contributed by atoms with Gasteiger partial charge in [-0.05, 0) is 33.6 Å². The van der Waals surface area contributed by atoms with Gasteiger partial charge in [-0.2, -0.15) is 0 Å². The largest absolute Gasteiger partial charge is 0.459 e.